The minimum atomic E-state index is -0.654. The predicted molar refractivity (Wildman–Crippen MR) is 97.8 cm³/mol. The predicted octanol–water partition coefficient (Wildman–Crippen LogP) is 2.60. The Kier molecular flexibility index (Phi) is 7.00. The standard InChI is InChI=1S/C20H30N2O3/c1-14-10-15(2)12-22(11-14)20(24)19(21-17(4)23)16(3)25-13-18-8-6-5-7-9-18/h5-9,14-16,19H,10-13H2,1-4H3,(H,21,23). The number of benzene rings is 1. The molecule has 1 heterocycles. The van der Waals surface area contributed by atoms with Crippen molar-refractivity contribution in [1.82, 2.24) is 10.2 Å². The summed E-state index contributed by atoms with van der Waals surface area (Å²) < 4.78 is 5.89. The first-order valence-corrected chi connectivity index (χ1v) is 9.08. The van der Waals surface area contributed by atoms with Gasteiger partial charge in [-0.05, 0) is 30.7 Å². The van der Waals surface area contributed by atoms with E-state index in [1.54, 1.807) is 0 Å². The van der Waals surface area contributed by atoms with Gasteiger partial charge in [-0.1, -0.05) is 44.2 Å². The van der Waals surface area contributed by atoms with E-state index in [0.717, 1.165) is 25.1 Å². The lowest BCUT2D eigenvalue weighted by molar-refractivity contribution is -0.143. The highest BCUT2D eigenvalue weighted by Crippen LogP contribution is 2.22. The number of hydrogen-bond acceptors (Lipinski definition) is 3. The number of carbonyl (C=O) groups is 2. The molecular formula is C20H30N2O3. The molecule has 0 bridgehead atoms. The maximum Gasteiger partial charge on any atom is 0.247 e. The number of nitrogens with zero attached hydrogens (tertiary/aromatic N) is 1. The molecular weight excluding hydrogens is 316 g/mol. The average molecular weight is 346 g/mol. The zero-order valence-corrected chi connectivity index (χ0v) is 15.7. The Morgan fingerprint density at radius 1 is 1.20 bits per heavy atom. The number of nitrogens with one attached hydrogen (secondary N) is 1. The minimum Gasteiger partial charge on any atom is -0.371 e. The second-order valence-corrected chi connectivity index (χ2v) is 7.37. The smallest absolute Gasteiger partial charge is 0.247 e. The van der Waals surface area contributed by atoms with Crippen molar-refractivity contribution >= 4 is 11.8 Å². The van der Waals surface area contributed by atoms with Crippen LogP contribution in [0.2, 0.25) is 0 Å². The molecule has 5 nitrogen and oxygen atoms in total. The monoisotopic (exact) mass is 346 g/mol. The zero-order valence-electron chi connectivity index (χ0n) is 15.7. The molecule has 0 aliphatic carbocycles. The van der Waals surface area contributed by atoms with E-state index < -0.39 is 12.1 Å². The first-order chi connectivity index (χ1) is 11.9. The lowest BCUT2D eigenvalue weighted by atomic mass is 9.91. The highest BCUT2D eigenvalue weighted by Gasteiger charge is 2.34. The van der Waals surface area contributed by atoms with Gasteiger partial charge in [-0.2, -0.15) is 0 Å². The summed E-state index contributed by atoms with van der Waals surface area (Å²) in [6.07, 6.45) is 0.735. The second-order valence-electron chi connectivity index (χ2n) is 7.37. The Labute approximate surface area is 150 Å². The maximum atomic E-state index is 13.0. The molecule has 1 fully saturated rings. The number of ether oxygens (including phenoxy) is 1. The Hall–Kier alpha value is -1.88. The molecule has 25 heavy (non-hydrogen) atoms. The summed E-state index contributed by atoms with van der Waals surface area (Å²) in [6.45, 7) is 9.51. The minimum absolute atomic E-state index is 0.0471. The normalized spacial score (nSPS) is 23.0. The van der Waals surface area contributed by atoms with Crippen LogP contribution in [0.5, 0.6) is 0 Å². The highest BCUT2D eigenvalue weighted by molar-refractivity contribution is 5.87. The number of amides is 2. The van der Waals surface area contributed by atoms with Crippen LogP contribution >= 0.6 is 0 Å². The number of rotatable bonds is 6. The van der Waals surface area contributed by atoms with Crippen molar-refractivity contribution in [1.29, 1.82) is 0 Å². The molecule has 2 rings (SSSR count). The van der Waals surface area contributed by atoms with Gasteiger partial charge in [-0.3, -0.25) is 9.59 Å². The van der Waals surface area contributed by atoms with Gasteiger partial charge < -0.3 is 15.0 Å². The van der Waals surface area contributed by atoms with E-state index in [0.29, 0.717) is 18.4 Å². The Morgan fingerprint density at radius 3 is 2.36 bits per heavy atom. The molecule has 0 saturated carbocycles. The van der Waals surface area contributed by atoms with E-state index in [1.807, 2.05) is 42.2 Å². The zero-order chi connectivity index (χ0) is 18.4. The van der Waals surface area contributed by atoms with Crippen molar-refractivity contribution in [2.45, 2.75) is 52.9 Å². The van der Waals surface area contributed by atoms with Crippen LogP contribution in [0.1, 0.15) is 39.7 Å². The van der Waals surface area contributed by atoms with E-state index in [-0.39, 0.29) is 11.8 Å². The van der Waals surface area contributed by atoms with Crippen LogP contribution in [0.3, 0.4) is 0 Å². The summed E-state index contributed by atoms with van der Waals surface area (Å²) in [4.78, 5) is 26.5. The topological polar surface area (TPSA) is 58.6 Å². The first-order valence-electron chi connectivity index (χ1n) is 9.08. The summed E-state index contributed by atoms with van der Waals surface area (Å²) in [5, 5.41) is 2.79. The fraction of sp³-hybridized carbons (Fsp3) is 0.600. The van der Waals surface area contributed by atoms with E-state index in [1.165, 1.54) is 6.92 Å². The van der Waals surface area contributed by atoms with Gasteiger partial charge in [0.15, 0.2) is 0 Å². The molecule has 1 saturated heterocycles. The van der Waals surface area contributed by atoms with Crippen LogP contribution < -0.4 is 5.32 Å². The quantitative estimate of drug-likeness (QED) is 0.861. The SMILES string of the molecule is CC(=O)NC(C(=O)N1CC(C)CC(C)C1)C(C)OCc1ccccc1. The van der Waals surface area contributed by atoms with Crippen molar-refractivity contribution in [2.24, 2.45) is 11.8 Å². The lowest BCUT2D eigenvalue weighted by Crippen LogP contribution is -2.56. The van der Waals surface area contributed by atoms with Crippen LogP contribution in [0.25, 0.3) is 0 Å². The molecule has 5 heteroatoms. The molecule has 1 aliphatic rings. The van der Waals surface area contributed by atoms with E-state index in [9.17, 15) is 9.59 Å². The maximum absolute atomic E-state index is 13.0. The molecule has 1 aromatic carbocycles. The molecule has 0 radical (unpaired) electrons. The van der Waals surface area contributed by atoms with Gasteiger partial charge in [0.2, 0.25) is 11.8 Å². The van der Waals surface area contributed by atoms with Crippen molar-refractivity contribution < 1.29 is 14.3 Å². The van der Waals surface area contributed by atoms with Crippen molar-refractivity contribution in [3.05, 3.63) is 35.9 Å². The number of piperidine rings is 1. The largest absolute Gasteiger partial charge is 0.371 e. The third-order valence-corrected chi connectivity index (χ3v) is 4.63. The third-order valence-electron chi connectivity index (χ3n) is 4.63. The lowest BCUT2D eigenvalue weighted by Gasteiger charge is -2.38. The molecule has 1 aliphatic heterocycles. The number of likely N-dealkylation sites (tertiary alicyclic amines) is 1. The number of hydrogen-bond donors (Lipinski definition) is 1. The van der Waals surface area contributed by atoms with Gasteiger partial charge in [0.1, 0.15) is 6.04 Å². The molecule has 4 atom stereocenters. The third kappa shape index (κ3) is 5.85. The van der Waals surface area contributed by atoms with Gasteiger partial charge >= 0.3 is 0 Å². The summed E-state index contributed by atoms with van der Waals surface area (Å²) in [6, 6.07) is 9.17. The first kappa shape index (κ1) is 19.4. The second kappa shape index (κ2) is 8.99. The van der Waals surface area contributed by atoms with Crippen LogP contribution in [0.15, 0.2) is 30.3 Å². The van der Waals surface area contributed by atoms with Gasteiger partial charge in [-0.25, -0.2) is 0 Å². The van der Waals surface area contributed by atoms with Crippen LogP contribution in [-0.4, -0.2) is 41.9 Å². The van der Waals surface area contributed by atoms with Crippen LogP contribution in [0, 0.1) is 11.8 Å². The molecule has 4 unspecified atom stereocenters. The van der Waals surface area contributed by atoms with E-state index >= 15 is 0 Å². The van der Waals surface area contributed by atoms with Gasteiger partial charge in [0.25, 0.3) is 0 Å². The van der Waals surface area contributed by atoms with Gasteiger partial charge in [-0.15, -0.1) is 0 Å². The van der Waals surface area contributed by atoms with E-state index in [2.05, 4.69) is 19.2 Å². The molecule has 1 N–H and O–H groups in total. The molecule has 2 amide bonds. The molecule has 0 spiro atoms. The molecule has 138 valence electrons. The summed E-state index contributed by atoms with van der Waals surface area (Å²) in [7, 11) is 0. The fourth-order valence-corrected chi connectivity index (χ4v) is 3.54. The summed E-state index contributed by atoms with van der Waals surface area (Å²) in [5.74, 6) is 0.693. The average Bonchev–Trinajstić information content (AvgIpc) is 2.57. The number of carbonyl (C=O) groups excluding carboxylic acids is 2. The summed E-state index contributed by atoms with van der Waals surface area (Å²) in [5.41, 5.74) is 1.04. The van der Waals surface area contributed by atoms with Crippen LogP contribution in [0.4, 0.5) is 0 Å². The van der Waals surface area contributed by atoms with Crippen molar-refractivity contribution in [3.8, 4) is 0 Å². The van der Waals surface area contributed by atoms with Crippen molar-refractivity contribution in [2.75, 3.05) is 13.1 Å². The fourth-order valence-electron chi connectivity index (χ4n) is 3.54. The Balaban J connectivity index is 2.03. The Morgan fingerprint density at radius 2 is 1.80 bits per heavy atom. The molecule has 1 aromatic rings. The van der Waals surface area contributed by atoms with Gasteiger partial charge in [0.05, 0.1) is 12.7 Å². The van der Waals surface area contributed by atoms with Crippen LogP contribution in [-0.2, 0) is 20.9 Å². The van der Waals surface area contributed by atoms with E-state index in [4.69, 9.17) is 4.74 Å². The van der Waals surface area contributed by atoms with Gasteiger partial charge in [0, 0.05) is 20.0 Å². The van der Waals surface area contributed by atoms with Crippen molar-refractivity contribution in [3.63, 3.8) is 0 Å². The highest BCUT2D eigenvalue weighted by atomic mass is 16.5. The summed E-state index contributed by atoms with van der Waals surface area (Å²) >= 11 is 0. The molecule has 0 aromatic heterocycles. The Bertz CT molecular complexity index is 566.